The molecule has 0 bridgehead atoms. The number of rotatable bonds is 4. The third kappa shape index (κ3) is 3.53. The minimum Gasteiger partial charge on any atom is -0.212 e. The molecule has 0 radical (unpaired) electrons. The van der Waals surface area contributed by atoms with Gasteiger partial charge in [0.15, 0.2) is 0 Å². The van der Waals surface area contributed by atoms with E-state index in [1.165, 1.54) is 0 Å². The van der Waals surface area contributed by atoms with Gasteiger partial charge in [-0.1, -0.05) is 28.1 Å². The van der Waals surface area contributed by atoms with E-state index in [4.69, 9.17) is 0 Å². The monoisotopic (exact) mass is 319 g/mol. The van der Waals surface area contributed by atoms with Crippen LogP contribution in [0.1, 0.15) is 37.9 Å². The molecule has 0 fully saturated rings. The van der Waals surface area contributed by atoms with Crippen molar-refractivity contribution in [3.63, 3.8) is 0 Å². The van der Waals surface area contributed by atoms with Crippen molar-refractivity contribution in [1.29, 1.82) is 0 Å². The molecule has 0 aliphatic heterocycles. The van der Waals surface area contributed by atoms with Crippen LogP contribution in [0.25, 0.3) is 0 Å². The molecular weight excluding hydrogens is 302 g/mol. The van der Waals surface area contributed by atoms with Crippen LogP contribution in [-0.4, -0.2) is 13.7 Å². The fraction of sp³-hybridized carbons (Fsp3) is 0.500. The van der Waals surface area contributed by atoms with E-state index in [1.54, 1.807) is 13.8 Å². The lowest BCUT2D eigenvalue weighted by molar-refractivity contribution is 0.557. The molecule has 96 valence electrons. The van der Waals surface area contributed by atoms with E-state index in [1.807, 2.05) is 32.0 Å². The van der Waals surface area contributed by atoms with E-state index >= 15 is 0 Å². The van der Waals surface area contributed by atoms with E-state index in [0.29, 0.717) is 0 Å². The lowest BCUT2D eigenvalue weighted by Crippen LogP contribution is -2.33. The summed E-state index contributed by atoms with van der Waals surface area (Å²) in [4.78, 5) is 0. The van der Waals surface area contributed by atoms with Crippen molar-refractivity contribution in [2.75, 3.05) is 0 Å². The Balaban J connectivity index is 2.99. The van der Waals surface area contributed by atoms with Crippen molar-refractivity contribution in [3.05, 3.63) is 33.8 Å². The van der Waals surface area contributed by atoms with Crippen LogP contribution in [-0.2, 0) is 10.0 Å². The van der Waals surface area contributed by atoms with Crippen LogP contribution in [0.4, 0.5) is 0 Å². The number of benzene rings is 1. The predicted octanol–water partition coefficient (Wildman–Crippen LogP) is 3.15. The van der Waals surface area contributed by atoms with Gasteiger partial charge in [-0.25, -0.2) is 13.1 Å². The van der Waals surface area contributed by atoms with E-state index in [0.717, 1.165) is 15.6 Å². The summed E-state index contributed by atoms with van der Waals surface area (Å²) >= 11 is 3.45. The van der Waals surface area contributed by atoms with Gasteiger partial charge in [-0.3, -0.25) is 0 Å². The molecule has 1 atom stereocenters. The fourth-order valence-corrected chi connectivity index (χ4v) is 2.81. The molecule has 0 unspecified atom stereocenters. The third-order valence-corrected chi connectivity index (χ3v) is 5.52. The molecule has 0 saturated heterocycles. The van der Waals surface area contributed by atoms with Crippen molar-refractivity contribution < 1.29 is 8.42 Å². The average molecular weight is 320 g/mol. The Hall–Kier alpha value is -0.390. The van der Waals surface area contributed by atoms with Gasteiger partial charge in [0.25, 0.3) is 0 Å². The molecule has 1 N–H and O–H groups in total. The predicted molar refractivity (Wildman–Crippen MR) is 74.5 cm³/mol. The zero-order chi connectivity index (χ0) is 13.2. The molecule has 3 nitrogen and oxygen atoms in total. The Morgan fingerprint density at radius 3 is 2.35 bits per heavy atom. The van der Waals surface area contributed by atoms with Crippen LogP contribution in [0.5, 0.6) is 0 Å². The van der Waals surface area contributed by atoms with Crippen molar-refractivity contribution in [2.45, 2.75) is 39.0 Å². The second-order valence-corrected chi connectivity index (χ2v) is 7.51. The van der Waals surface area contributed by atoms with E-state index < -0.39 is 15.3 Å². The van der Waals surface area contributed by atoms with Crippen LogP contribution in [0.15, 0.2) is 22.7 Å². The summed E-state index contributed by atoms with van der Waals surface area (Å²) in [5.74, 6) is 0. The molecular formula is C12H18BrNO2S. The quantitative estimate of drug-likeness (QED) is 0.926. The molecule has 0 aliphatic carbocycles. The first-order valence-corrected chi connectivity index (χ1v) is 7.85. The Morgan fingerprint density at radius 2 is 1.82 bits per heavy atom. The van der Waals surface area contributed by atoms with Crippen molar-refractivity contribution in [2.24, 2.45) is 0 Å². The first kappa shape index (κ1) is 14.7. The third-order valence-electron chi connectivity index (χ3n) is 2.74. The summed E-state index contributed by atoms with van der Waals surface area (Å²) in [6, 6.07) is 5.57. The molecule has 17 heavy (non-hydrogen) atoms. The van der Waals surface area contributed by atoms with Crippen LogP contribution >= 0.6 is 15.9 Å². The van der Waals surface area contributed by atoms with E-state index in [-0.39, 0.29) is 6.04 Å². The minimum absolute atomic E-state index is 0.222. The Labute approximate surface area is 112 Å². The number of hydrogen-bond donors (Lipinski definition) is 1. The molecule has 1 rings (SSSR count). The Kier molecular flexibility index (Phi) is 4.75. The average Bonchev–Trinajstić information content (AvgIpc) is 2.21. The molecule has 0 aromatic heterocycles. The second kappa shape index (κ2) is 5.50. The van der Waals surface area contributed by atoms with Crippen molar-refractivity contribution in [1.82, 2.24) is 4.72 Å². The number of halogens is 1. The van der Waals surface area contributed by atoms with E-state index in [2.05, 4.69) is 20.7 Å². The lowest BCUT2D eigenvalue weighted by Gasteiger charge is -2.19. The molecule has 0 amide bonds. The van der Waals surface area contributed by atoms with Gasteiger partial charge in [0.2, 0.25) is 10.0 Å². The first-order chi connectivity index (χ1) is 7.75. The van der Waals surface area contributed by atoms with E-state index in [9.17, 15) is 8.42 Å². The van der Waals surface area contributed by atoms with Gasteiger partial charge in [-0.05, 0) is 44.9 Å². The molecule has 1 aromatic carbocycles. The summed E-state index contributed by atoms with van der Waals surface area (Å²) in [7, 11) is -3.24. The number of hydrogen-bond acceptors (Lipinski definition) is 2. The van der Waals surface area contributed by atoms with Crippen molar-refractivity contribution >= 4 is 26.0 Å². The maximum Gasteiger partial charge on any atom is 0.214 e. The lowest BCUT2D eigenvalue weighted by atomic mass is 10.0. The summed E-state index contributed by atoms with van der Waals surface area (Å²) < 4.78 is 27.3. The standard InChI is InChI=1S/C12H18BrNO2S/c1-8(2)17(15,16)14-10(4)11-6-5-7-12(13)9(11)3/h5-8,10,14H,1-4H3/t10-/m1/s1. The maximum absolute atomic E-state index is 11.8. The highest BCUT2D eigenvalue weighted by Gasteiger charge is 2.20. The number of sulfonamides is 1. The zero-order valence-corrected chi connectivity index (χ0v) is 12.9. The normalized spacial score (nSPS) is 14.0. The Morgan fingerprint density at radius 1 is 1.24 bits per heavy atom. The molecule has 0 heterocycles. The topological polar surface area (TPSA) is 46.2 Å². The molecule has 0 spiro atoms. The highest BCUT2D eigenvalue weighted by Crippen LogP contribution is 2.25. The van der Waals surface area contributed by atoms with Gasteiger partial charge in [-0.15, -0.1) is 0 Å². The van der Waals surface area contributed by atoms with Crippen LogP contribution < -0.4 is 4.72 Å². The second-order valence-electron chi connectivity index (χ2n) is 4.39. The zero-order valence-electron chi connectivity index (χ0n) is 10.5. The van der Waals surface area contributed by atoms with Gasteiger partial charge in [-0.2, -0.15) is 0 Å². The van der Waals surface area contributed by atoms with Gasteiger partial charge >= 0.3 is 0 Å². The Bertz CT molecular complexity index is 497. The van der Waals surface area contributed by atoms with Gasteiger partial charge in [0, 0.05) is 10.5 Å². The molecule has 5 heteroatoms. The summed E-state index contributed by atoms with van der Waals surface area (Å²) in [6.45, 7) is 7.17. The smallest absolute Gasteiger partial charge is 0.212 e. The van der Waals surface area contributed by atoms with Gasteiger partial charge in [0.05, 0.1) is 5.25 Å². The van der Waals surface area contributed by atoms with Gasteiger partial charge in [0.1, 0.15) is 0 Å². The first-order valence-electron chi connectivity index (χ1n) is 5.52. The fourth-order valence-electron chi connectivity index (χ4n) is 1.54. The summed E-state index contributed by atoms with van der Waals surface area (Å²) in [5.41, 5.74) is 2.05. The highest BCUT2D eigenvalue weighted by atomic mass is 79.9. The molecule has 0 saturated carbocycles. The number of nitrogens with one attached hydrogen (secondary N) is 1. The van der Waals surface area contributed by atoms with Crippen LogP contribution in [0.3, 0.4) is 0 Å². The largest absolute Gasteiger partial charge is 0.214 e. The maximum atomic E-state index is 11.8. The molecule has 0 aliphatic rings. The van der Waals surface area contributed by atoms with Gasteiger partial charge < -0.3 is 0 Å². The SMILES string of the molecule is Cc1c(Br)cccc1[C@@H](C)NS(=O)(=O)C(C)C. The van der Waals surface area contributed by atoms with Crippen LogP contribution in [0, 0.1) is 6.92 Å². The summed E-state index contributed by atoms with van der Waals surface area (Å²) in [5, 5.41) is -0.419. The van der Waals surface area contributed by atoms with Crippen LogP contribution in [0.2, 0.25) is 0 Å². The van der Waals surface area contributed by atoms with Crippen molar-refractivity contribution in [3.8, 4) is 0 Å². The molecule has 1 aromatic rings. The highest BCUT2D eigenvalue weighted by molar-refractivity contribution is 9.10. The summed E-state index contributed by atoms with van der Waals surface area (Å²) in [6.07, 6.45) is 0. The minimum atomic E-state index is -3.24.